The highest BCUT2D eigenvalue weighted by Gasteiger charge is 2.25. The van der Waals surface area contributed by atoms with Crippen LogP contribution in [0.25, 0.3) is 0 Å². The van der Waals surface area contributed by atoms with E-state index in [-0.39, 0.29) is 11.8 Å². The van der Waals surface area contributed by atoms with Crippen LogP contribution in [0.5, 0.6) is 11.5 Å². The van der Waals surface area contributed by atoms with Gasteiger partial charge in [0.15, 0.2) is 11.5 Å². The topological polar surface area (TPSA) is 73.6 Å². The first-order valence-electron chi connectivity index (χ1n) is 8.51. The molecule has 1 aromatic heterocycles. The number of nitrogens with one attached hydrogen (secondary N) is 1. The van der Waals surface area contributed by atoms with Gasteiger partial charge in [-0.15, -0.1) is 0 Å². The smallest absolute Gasteiger partial charge is 0.228 e. The first kappa shape index (κ1) is 18.8. The highest BCUT2D eigenvalue weighted by molar-refractivity contribution is 5.84. The zero-order chi connectivity index (χ0) is 18.4. The fourth-order valence-corrected chi connectivity index (χ4v) is 2.92. The van der Waals surface area contributed by atoms with Crippen molar-refractivity contribution in [2.75, 3.05) is 13.7 Å². The van der Waals surface area contributed by atoms with E-state index in [0.29, 0.717) is 36.8 Å². The molecule has 0 bridgehead atoms. The molecule has 1 heterocycles. The van der Waals surface area contributed by atoms with E-state index in [4.69, 9.17) is 14.0 Å². The first-order chi connectivity index (χ1) is 12.0. The number of carbonyl (C=O) groups excluding carboxylic acids is 1. The maximum absolute atomic E-state index is 12.6. The second kappa shape index (κ2) is 8.55. The van der Waals surface area contributed by atoms with E-state index >= 15 is 0 Å². The quantitative estimate of drug-likeness (QED) is 0.792. The average molecular weight is 346 g/mol. The van der Waals surface area contributed by atoms with Gasteiger partial charge < -0.3 is 19.3 Å². The average Bonchev–Trinajstić information content (AvgIpc) is 2.94. The minimum Gasteiger partial charge on any atom is -0.493 e. The molecule has 0 aliphatic carbocycles. The number of methoxy groups -OCH3 is 1. The van der Waals surface area contributed by atoms with Crippen molar-refractivity contribution in [2.24, 2.45) is 0 Å². The van der Waals surface area contributed by atoms with Gasteiger partial charge in [0.1, 0.15) is 5.76 Å². The fourth-order valence-electron chi connectivity index (χ4n) is 2.92. The van der Waals surface area contributed by atoms with Crippen LogP contribution in [0.15, 0.2) is 22.7 Å². The van der Waals surface area contributed by atoms with Crippen molar-refractivity contribution >= 4 is 5.91 Å². The summed E-state index contributed by atoms with van der Waals surface area (Å²) in [6, 6.07) is 5.65. The third kappa shape index (κ3) is 4.32. The summed E-state index contributed by atoms with van der Waals surface area (Å²) < 4.78 is 16.1. The lowest BCUT2D eigenvalue weighted by molar-refractivity contribution is -0.122. The van der Waals surface area contributed by atoms with Crippen LogP contribution in [-0.2, 0) is 11.3 Å². The molecule has 1 N–H and O–H groups in total. The molecule has 0 fully saturated rings. The molecule has 2 rings (SSSR count). The molecule has 0 spiro atoms. The van der Waals surface area contributed by atoms with Crippen LogP contribution < -0.4 is 14.8 Å². The zero-order valence-electron chi connectivity index (χ0n) is 15.5. The molecule has 0 aliphatic rings. The Bertz CT molecular complexity index is 705. The molecular weight excluding hydrogens is 320 g/mol. The molecule has 0 radical (unpaired) electrons. The summed E-state index contributed by atoms with van der Waals surface area (Å²) >= 11 is 0. The highest BCUT2D eigenvalue weighted by atomic mass is 16.5. The largest absolute Gasteiger partial charge is 0.493 e. The van der Waals surface area contributed by atoms with E-state index in [9.17, 15) is 4.79 Å². The van der Waals surface area contributed by atoms with Gasteiger partial charge in [0, 0.05) is 12.1 Å². The summed E-state index contributed by atoms with van der Waals surface area (Å²) in [6.07, 6.45) is 0.682. The molecule has 136 valence electrons. The number of carbonyl (C=O) groups is 1. The fraction of sp³-hybridized carbons (Fsp3) is 0.474. The first-order valence-corrected chi connectivity index (χ1v) is 8.51. The van der Waals surface area contributed by atoms with Gasteiger partial charge in [0.2, 0.25) is 5.91 Å². The standard InChI is InChI=1S/C19H26N2O4/c1-6-15(18-12(3)21-25-13(18)4)19(22)20-11-14-8-9-16(24-7-2)17(10-14)23-5/h8-10,15H,6-7,11H2,1-5H3,(H,20,22)/t15-/m0/s1. The highest BCUT2D eigenvalue weighted by Crippen LogP contribution is 2.29. The molecule has 0 aliphatic heterocycles. The van der Waals surface area contributed by atoms with Crippen LogP contribution in [0.1, 0.15) is 48.8 Å². The van der Waals surface area contributed by atoms with Gasteiger partial charge in [-0.3, -0.25) is 4.79 Å². The molecule has 1 amide bonds. The lowest BCUT2D eigenvalue weighted by atomic mass is 9.94. The third-order valence-corrected chi connectivity index (χ3v) is 4.16. The molecule has 0 saturated heterocycles. The van der Waals surface area contributed by atoms with Crippen molar-refractivity contribution in [3.8, 4) is 11.5 Å². The van der Waals surface area contributed by atoms with Gasteiger partial charge in [0.25, 0.3) is 0 Å². The molecule has 0 unspecified atom stereocenters. The molecule has 25 heavy (non-hydrogen) atoms. The van der Waals surface area contributed by atoms with E-state index in [1.54, 1.807) is 7.11 Å². The Morgan fingerprint density at radius 2 is 2.04 bits per heavy atom. The summed E-state index contributed by atoms with van der Waals surface area (Å²) in [7, 11) is 1.60. The number of rotatable bonds is 8. The van der Waals surface area contributed by atoms with Crippen LogP contribution in [0.3, 0.4) is 0 Å². The van der Waals surface area contributed by atoms with Crippen LogP contribution in [-0.4, -0.2) is 24.8 Å². The minimum absolute atomic E-state index is 0.0373. The third-order valence-electron chi connectivity index (χ3n) is 4.16. The SMILES string of the molecule is CCOc1ccc(CNC(=O)[C@@H](CC)c2c(C)noc2C)cc1OC. The Hall–Kier alpha value is -2.50. The Kier molecular flexibility index (Phi) is 6.44. The van der Waals surface area contributed by atoms with Crippen molar-refractivity contribution in [3.63, 3.8) is 0 Å². The van der Waals surface area contributed by atoms with Crippen molar-refractivity contribution in [1.29, 1.82) is 0 Å². The van der Waals surface area contributed by atoms with Crippen molar-refractivity contribution < 1.29 is 18.8 Å². The number of ether oxygens (including phenoxy) is 2. The summed E-state index contributed by atoms with van der Waals surface area (Å²) in [4.78, 5) is 12.6. The zero-order valence-corrected chi connectivity index (χ0v) is 15.5. The second-order valence-corrected chi connectivity index (χ2v) is 5.83. The Balaban J connectivity index is 2.08. The molecule has 6 nitrogen and oxygen atoms in total. The van der Waals surface area contributed by atoms with Gasteiger partial charge >= 0.3 is 0 Å². The van der Waals surface area contributed by atoms with E-state index < -0.39 is 0 Å². The van der Waals surface area contributed by atoms with Gasteiger partial charge in [0.05, 0.1) is 25.3 Å². The molecular formula is C19H26N2O4. The number of nitrogens with zero attached hydrogens (tertiary/aromatic N) is 1. The Morgan fingerprint density at radius 1 is 1.28 bits per heavy atom. The maximum atomic E-state index is 12.6. The lowest BCUT2D eigenvalue weighted by Crippen LogP contribution is -2.29. The minimum atomic E-state index is -0.268. The van der Waals surface area contributed by atoms with Gasteiger partial charge in [-0.25, -0.2) is 0 Å². The van der Waals surface area contributed by atoms with Gasteiger partial charge in [-0.1, -0.05) is 18.1 Å². The number of amides is 1. The van der Waals surface area contributed by atoms with Crippen molar-refractivity contribution in [2.45, 2.75) is 46.6 Å². The molecule has 1 atom stereocenters. The molecule has 6 heteroatoms. The Morgan fingerprint density at radius 3 is 2.60 bits per heavy atom. The number of aryl methyl sites for hydroxylation is 2. The monoisotopic (exact) mass is 346 g/mol. The molecule has 0 saturated carbocycles. The summed E-state index contributed by atoms with van der Waals surface area (Å²) in [5, 5.41) is 6.94. The lowest BCUT2D eigenvalue weighted by Gasteiger charge is -2.16. The number of benzene rings is 1. The second-order valence-electron chi connectivity index (χ2n) is 5.83. The predicted octanol–water partition coefficient (Wildman–Crippen LogP) is 3.51. The van der Waals surface area contributed by atoms with E-state index in [1.807, 2.05) is 45.9 Å². The Labute approximate surface area is 148 Å². The summed E-state index contributed by atoms with van der Waals surface area (Å²) in [5.41, 5.74) is 2.59. The normalized spacial score (nSPS) is 11.9. The number of hydrogen-bond acceptors (Lipinski definition) is 5. The van der Waals surface area contributed by atoms with Crippen LogP contribution >= 0.6 is 0 Å². The van der Waals surface area contributed by atoms with E-state index in [2.05, 4.69) is 10.5 Å². The van der Waals surface area contributed by atoms with Crippen LogP contribution in [0, 0.1) is 13.8 Å². The number of aromatic nitrogens is 1. The number of hydrogen-bond donors (Lipinski definition) is 1. The maximum Gasteiger partial charge on any atom is 0.228 e. The van der Waals surface area contributed by atoms with Gasteiger partial charge in [-0.2, -0.15) is 0 Å². The van der Waals surface area contributed by atoms with Crippen molar-refractivity contribution in [3.05, 3.63) is 40.8 Å². The predicted molar refractivity (Wildman–Crippen MR) is 95.0 cm³/mol. The summed E-state index contributed by atoms with van der Waals surface area (Å²) in [6.45, 7) is 8.59. The van der Waals surface area contributed by atoms with Gasteiger partial charge in [-0.05, 0) is 44.9 Å². The molecule has 2 aromatic rings. The summed E-state index contributed by atoms with van der Waals surface area (Å²) in [5.74, 6) is 1.75. The van der Waals surface area contributed by atoms with Crippen molar-refractivity contribution in [1.82, 2.24) is 10.5 Å². The molecule has 1 aromatic carbocycles. The van der Waals surface area contributed by atoms with Crippen LogP contribution in [0.4, 0.5) is 0 Å². The van der Waals surface area contributed by atoms with E-state index in [1.165, 1.54) is 0 Å². The van der Waals surface area contributed by atoms with Crippen LogP contribution in [0.2, 0.25) is 0 Å². The van der Waals surface area contributed by atoms with E-state index in [0.717, 1.165) is 16.8 Å².